The van der Waals surface area contributed by atoms with E-state index in [1.807, 2.05) is 50.2 Å². The lowest BCUT2D eigenvalue weighted by Gasteiger charge is -2.20. The van der Waals surface area contributed by atoms with Gasteiger partial charge in [-0.25, -0.2) is 5.43 Å². The van der Waals surface area contributed by atoms with Crippen molar-refractivity contribution in [3.05, 3.63) is 65.7 Å². The number of amides is 2. The van der Waals surface area contributed by atoms with E-state index in [2.05, 4.69) is 15.8 Å². The molecule has 1 heterocycles. The predicted octanol–water partition coefficient (Wildman–Crippen LogP) is 3.48. The Labute approximate surface area is 191 Å². The van der Waals surface area contributed by atoms with Gasteiger partial charge in [0.2, 0.25) is 6.79 Å². The van der Waals surface area contributed by atoms with Crippen LogP contribution in [0.5, 0.6) is 17.2 Å². The molecule has 0 spiro atoms. The van der Waals surface area contributed by atoms with Gasteiger partial charge in [0.25, 0.3) is 11.8 Å². The van der Waals surface area contributed by atoms with Gasteiger partial charge in [-0.15, -0.1) is 0 Å². The number of carbonyl (C=O) groups is 2. The molecule has 2 N–H and O–H groups in total. The summed E-state index contributed by atoms with van der Waals surface area (Å²) in [5.41, 5.74) is 3.67. The van der Waals surface area contributed by atoms with Crippen molar-refractivity contribution < 1.29 is 23.8 Å². The molecule has 0 fully saturated rings. The first-order chi connectivity index (χ1) is 16.0. The minimum atomic E-state index is -0.783. The maximum absolute atomic E-state index is 12.8. The second-order valence-corrected chi connectivity index (χ2v) is 7.90. The molecular weight excluding hydrogens is 422 g/mol. The van der Waals surface area contributed by atoms with E-state index in [-0.39, 0.29) is 18.6 Å². The van der Waals surface area contributed by atoms with Gasteiger partial charge in [-0.3, -0.25) is 9.59 Å². The summed E-state index contributed by atoms with van der Waals surface area (Å²) < 4.78 is 16.0. The van der Waals surface area contributed by atoms with Crippen LogP contribution in [-0.4, -0.2) is 38.0 Å². The van der Waals surface area contributed by atoms with Crippen molar-refractivity contribution in [1.82, 2.24) is 10.7 Å². The molecule has 0 radical (unpaired) electrons. The highest BCUT2D eigenvalue weighted by Gasteiger charge is 2.25. The third kappa shape index (κ3) is 4.74. The molecule has 1 aliphatic heterocycles. The Morgan fingerprint density at radius 3 is 2.64 bits per heavy atom. The Balaban J connectivity index is 1.48. The maximum atomic E-state index is 12.8. The minimum absolute atomic E-state index is 0.122. The molecule has 1 atom stereocenters. The number of rotatable bonds is 7. The zero-order valence-corrected chi connectivity index (χ0v) is 18.6. The van der Waals surface area contributed by atoms with Crippen LogP contribution in [0, 0.1) is 5.92 Å². The first kappa shape index (κ1) is 22.1. The molecule has 2 amide bonds. The van der Waals surface area contributed by atoms with E-state index < -0.39 is 11.9 Å². The summed E-state index contributed by atoms with van der Waals surface area (Å²) in [5.74, 6) is 0.759. The fraction of sp³-hybridized carbons (Fsp3) is 0.240. The van der Waals surface area contributed by atoms with Crippen molar-refractivity contribution >= 4 is 28.8 Å². The Kier molecular flexibility index (Phi) is 6.44. The molecule has 1 unspecified atom stereocenters. The van der Waals surface area contributed by atoms with Crippen LogP contribution in [-0.2, 0) is 4.79 Å². The lowest BCUT2D eigenvalue weighted by molar-refractivity contribution is -0.123. The van der Waals surface area contributed by atoms with Crippen molar-refractivity contribution in [1.29, 1.82) is 0 Å². The SMILES string of the molecule is COc1ccc2ccccc2c1C=NNC(=O)C(NC(=O)c1ccc2c(c1)OCO2)C(C)C. The monoisotopic (exact) mass is 447 g/mol. The van der Waals surface area contributed by atoms with Gasteiger partial charge < -0.3 is 19.5 Å². The van der Waals surface area contributed by atoms with Crippen molar-refractivity contribution in [3.8, 4) is 17.2 Å². The molecule has 8 heteroatoms. The number of hydrogen-bond acceptors (Lipinski definition) is 6. The van der Waals surface area contributed by atoms with E-state index in [0.29, 0.717) is 22.8 Å². The highest BCUT2D eigenvalue weighted by Crippen LogP contribution is 2.32. The molecule has 3 aromatic rings. The van der Waals surface area contributed by atoms with Gasteiger partial charge in [-0.05, 0) is 41.0 Å². The molecule has 0 saturated heterocycles. The highest BCUT2D eigenvalue weighted by molar-refractivity contribution is 6.03. The van der Waals surface area contributed by atoms with E-state index in [4.69, 9.17) is 14.2 Å². The number of hydrazone groups is 1. The molecule has 4 rings (SSSR count). The number of carbonyl (C=O) groups excluding carboxylic acids is 2. The molecule has 0 aliphatic carbocycles. The van der Waals surface area contributed by atoms with Crippen LogP contribution >= 0.6 is 0 Å². The molecular formula is C25H25N3O5. The van der Waals surface area contributed by atoms with Gasteiger partial charge in [0.05, 0.1) is 13.3 Å². The summed E-state index contributed by atoms with van der Waals surface area (Å²) in [6.07, 6.45) is 1.55. The summed E-state index contributed by atoms with van der Waals surface area (Å²) >= 11 is 0. The molecule has 0 aromatic heterocycles. The molecule has 0 bridgehead atoms. The average Bonchev–Trinajstić information content (AvgIpc) is 3.30. The van der Waals surface area contributed by atoms with Crippen LogP contribution in [0.25, 0.3) is 10.8 Å². The van der Waals surface area contributed by atoms with Crippen LogP contribution in [0.2, 0.25) is 0 Å². The number of nitrogens with one attached hydrogen (secondary N) is 2. The van der Waals surface area contributed by atoms with Crippen LogP contribution in [0.15, 0.2) is 59.7 Å². The number of hydrogen-bond donors (Lipinski definition) is 2. The molecule has 3 aromatic carbocycles. The van der Waals surface area contributed by atoms with Crippen molar-refractivity contribution in [2.24, 2.45) is 11.0 Å². The first-order valence-corrected chi connectivity index (χ1v) is 10.6. The van der Waals surface area contributed by atoms with Crippen LogP contribution < -0.4 is 25.0 Å². The molecule has 1 aliphatic rings. The second kappa shape index (κ2) is 9.60. The van der Waals surface area contributed by atoms with E-state index in [1.54, 1.807) is 31.5 Å². The van der Waals surface area contributed by atoms with E-state index >= 15 is 0 Å². The van der Waals surface area contributed by atoms with Gasteiger partial charge in [-0.2, -0.15) is 5.10 Å². The Hall–Kier alpha value is -4.07. The number of methoxy groups -OCH3 is 1. The largest absolute Gasteiger partial charge is 0.496 e. The summed E-state index contributed by atoms with van der Waals surface area (Å²) in [4.78, 5) is 25.6. The Bertz CT molecular complexity index is 1220. The highest BCUT2D eigenvalue weighted by atomic mass is 16.7. The van der Waals surface area contributed by atoms with Gasteiger partial charge in [0, 0.05) is 11.1 Å². The normalized spacial score (nSPS) is 13.3. The lowest BCUT2D eigenvalue weighted by atomic mass is 10.0. The third-order valence-electron chi connectivity index (χ3n) is 5.39. The van der Waals surface area contributed by atoms with Gasteiger partial charge >= 0.3 is 0 Å². The Morgan fingerprint density at radius 1 is 1.06 bits per heavy atom. The number of fused-ring (bicyclic) bond motifs is 2. The van der Waals surface area contributed by atoms with E-state index in [1.165, 1.54) is 0 Å². The van der Waals surface area contributed by atoms with Crippen LogP contribution in [0.3, 0.4) is 0 Å². The van der Waals surface area contributed by atoms with Gasteiger partial charge in [0.15, 0.2) is 11.5 Å². The van der Waals surface area contributed by atoms with Crippen molar-refractivity contribution in [2.75, 3.05) is 13.9 Å². The van der Waals surface area contributed by atoms with Gasteiger partial charge in [0.1, 0.15) is 11.8 Å². The quantitative estimate of drug-likeness (QED) is 0.427. The standard InChI is InChI=1S/C25H25N3O5/c1-15(2)23(27-24(29)17-9-11-21-22(12-17)33-14-32-21)25(30)28-26-13-19-18-7-5-4-6-16(18)8-10-20(19)31-3/h4-13,15,23H,14H2,1-3H3,(H,27,29)(H,28,30). The molecule has 33 heavy (non-hydrogen) atoms. The fourth-order valence-corrected chi connectivity index (χ4v) is 3.61. The van der Waals surface area contributed by atoms with Crippen molar-refractivity contribution in [2.45, 2.75) is 19.9 Å². The maximum Gasteiger partial charge on any atom is 0.262 e. The van der Waals surface area contributed by atoms with Gasteiger partial charge in [-0.1, -0.05) is 44.2 Å². The summed E-state index contributed by atoms with van der Waals surface area (Å²) in [7, 11) is 1.58. The lowest BCUT2D eigenvalue weighted by Crippen LogP contribution is -2.48. The third-order valence-corrected chi connectivity index (χ3v) is 5.39. The average molecular weight is 447 g/mol. The van der Waals surface area contributed by atoms with E-state index in [0.717, 1.165) is 16.3 Å². The zero-order valence-electron chi connectivity index (χ0n) is 18.6. The fourth-order valence-electron chi connectivity index (χ4n) is 3.61. The second-order valence-electron chi connectivity index (χ2n) is 7.90. The van der Waals surface area contributed by atoms with E-state index in [9.17, 15) is 9.59 Å². The van der Waals surface area contributed by atoms with Crippen LogP contribution in [0.4, 0.5) is 0 Å². The summed E-state index contributed by atoms with van der Waals surface area (Å²) in [6, 6.07) is 15.8. The summed E-state index contributed by atoms with van der Waals surface area (Å²) in [6.45, 7) is 3.82. The Morgan fingerprint density at radius 2 is 1.85 bits per heavy atom. The summed E-state index contributed by atoms with van der Waals surface area (Å²) in [5, 5.41) is 8.90. The van der Waals surface area contributed by atoms with Crippen molar-refractivity contribution in [3.63, 3.8) is 0 Å². The predicted molar refractivity (Wildman–Crippen MR) is 125 cm³/mol. The first-order valence-electron chi connectivity index (χ1n) is 10.6. The molecule has 0 saturated carbocycles. The van der Waals surface area contributed by atoms with Crippen LogP contribution in [0.1, 0.15) is 29.8 Å². The molecule has 8 nitrogen and oxygen atoms in total. The topological polar surface area (TPSA) is 98.2 Å². The molecule has 170 valence electrons. The number of benzene rings is 3. The minimum Gasteiger partial charge on any atom is -0.496 e. The number of nitrogens with zero attached hydrogens (tertiary/aromatic N) is 1. The smallest absolute Gasteiger partial charge is 0.262 e. The number of ether oxygens (including phenoxy) is 3. The zero-order chi connectivity index (χ0) is 23.4.